The quantitative estimate of drug-likeness (QED) is 0.327. The van der Waals surface area contributed by atoms with Crippen molar-refractivity contribution in [3.05, 3.63) is 72.1 Å². The molecule has 1 saturated carbocycles. The van der Waals surface area contributed by atoms with Crippen molar-refractivity contribution in [3.63, 3.8) is 0 Å². The predicted molar refractivity (Wildman–Crippen MR) is 131 cm³/mol. The number of hydrogen-bond donors (Lipinski definition) is 0. The zero-order chi connectivity index (χ0) is 24.1. The minimum absolute atomic E-state index is 0.217. The summed E-state index contributed by atoms with van der Waals surface area (Å²) in [6.45, 7) is 0. The van der Waals surface area contributed by atoms with E-state index >= 15 is 0 Å². The first-order chi connectivity index (χ1) is 16.5. The number of carbonyl (C=O) groups is 1. The molecule has 0 radical (unpaired) electrons. The molecule has 1 unspecified atom stereocenters. The third-order valence-corrected chi connectivity index (χ3v) is 6.95. The Kier molecular flexibility index (Phi) is 7.59. The average Bonchev–Trinajstić information content (AvgIpc) is 2.89. The van der Waals surface area contributed by atoms with E-state index in [2.05, 4.69) is 29.2 Å². The lowest BCUT2D eigenvalue weighted by molar-refractivity contribution is 0.0600. The van der Waals surface area contributed by atoms with Crippen LogP contribution in [0.25, 0.3) is 11.1 Å². The summed E-state index contributed by atoms with van der Waals surface area (Å²) in [6.07, 6.45) is 9.54. The Morgan fingerprint density at radius 3 is 2.38 bits per heavy atom. The topological polar surface area (TPSA) is 91.8 Å². The lowest BCUT2D eigenvalue weighted by Crippen LogP contribution is -2.20. The fourth-order valence-electron chi connectivity index (χ4n) is 4.48. The molecule has 0 bridgehead atoms. The van der Waals surface area contributed by atoms with Gasteiger partial charge in [-0.2, -0.15) is 0 Å². The number of carbonyl (C=O) groups excluding carboxylic acids is 1. The highest BCUT2D eigenvalue weighted by atomic mass is 32.2. The molecule has 34 heavy (non-hydrogen) atoms. The molecule has 0 saturated heterocycles. The van der Waals surface area contributed by atoms with E-state index < -0.39 is 17.2 Å². The second-order valence-electron chi connectivity index (χ2n) is 8.28. The van der Waals surface area contributed by atoms with E-state index in [0.717, 1.165) is 15.4 Å². The molecule has 178 valence electrons. The monoisotopic (exact) mass is 479 g/mol. The van der Waals surface area contributed by atoms with Crippen LogP contribution in [0.3, 0.4) is 0 Å². The van der Waals surface area contributed by atoms with Crippen LogP contribution in [0.15, 0.2) is 60.9 Å². The second-order valence-corrected chi connectivity index (χ2v) is 9.08. The average molecular weight is 480 g/mol. The SMILES string of the molecule is COC(=O)c1ccc(N(c2cncc(-c3ccc(C4CCCCC4)cc3)c2)S(=O)[O-])c(OC)c1. The summed E-state index contributed by atoms with van der Waals surface area (Å²) < 4.78 is 35.7. The van der Waals surface area contributed by atoms with E-state index in [1.807, 2.05) is 0 Å². The highest BCUT2D eigenvalue weighted by molar-refractivity contribution is 7.81. The van der Waals surface area contributed by atoms with E-state index in [1.165, 1.54) is 76.3 Å². The molecule has 1 heterocycles. The Labute approximate surface area is 202 Å². The number of hydrogen-bond acceptors (Lipinski definition) is 6. The first-order valence-electron chi connectivity index (χ1n) is 11.2. The van der Waals surface area contributed by atoms with Crippen LogP contribution < -0.4 is 9.04 Å². The summed E-state index contributed by atoms with van der Waals surface area (Å²) >= 11 is -2.66. The molecule has 4 rings (SSSR count). The molecule has 7 nitrogen and oxygen atoms in total. The van der Waals surface area contributed by atoms with Gasteiger partial charge in [-0.1, -0.05) is 43.5 Å². The molecule has 2 aromatic carbocycles. The largest absolute Gasteiger partial charge is 0.755 e. The number of aromatic nitrogens is 1. The minimum Gasteiger partial charge on any atom is -0.755 e. The minimum atomic E-state index is -2.66. The molecule has 8 heteroatoms. The summed E-state index contributed by atoms with van der Waals surface area (Å²) in [5.41, 5.74) is 3.98. The van der Waals surface area contributed by atoms with E-state index in [1.54, 1.807) is 12.3 Å². The highest BCUT2D eigenvalue weighted by Crippen LogP contribution is 2.37. The Morgan fingerprint density at radius 1 is 1.00 bits per heavy atom. The van der Waals surface area contributed by atoms with E-state index in [0.29, 0.717) is 11.6 Å². The van der Waals surface area contributed by atoms with Crippen molar-refractivity contribution in [1.82, 2.24) is 4.98 Å². The van der Waals surface area contributed by atoms with Crippen LogP contribution in [-0.2, 0) is 16.0 Å². The maximum absolute atomic E-state index is 12.3. The third-order valence-electron chi connectivity index (χ3n) is 6.25. The molecule has 3 aromatic rings. The van der Waals surface area contributed by atoms with Gasteiger partial charge in [-0.15, -0.1) is 0 Å². The van der Waals surface area contributed by atoms with Crippen molar-refractivity contribution in [2.45, 2.75) is 38.0 Å². The van der Waals surface area contributed by atoms with E-state index in [4.69, 9.17) is 9.47 Å². The fourth-order valence-corrected chi connectivity index (χ4v) is 5.06. The maximum atomic E-state index is 12.3. The second kappa shape index (κ2) is 10.8. The molecular formula is C26H27N2O5S-. The number of esters is 1. The van der Waals surface area contributed by atoms with Gasteiger partial charge in [0.05, 0.1) is 48.6 Å². The van der Waals surface area contributed by atoms with Gasteiger partial charge in [0.2, 0.25) is 0 Å². The van der Waals surface area contributed by atoms with Crippen LogP contribution in [0, 0.1) is 0 Å². The number of benzene rings is 2. The van der Waals surface area contributed by atoms with Crippen LogP contribution in [0.5, 0.6) is 5.75 Å². The molecule has 0 amide bonds. The Balaban J connectivity index is 1.66. The third kappa shape index (κ3) is 5.13. The van der Waals surface area contributed by atoms with E-state index in [-0.39, 0.29) is 17.0 Å². The normalized spacial score (nSPS) is 14.9. The van der Waals surface area contributed by atoms with Gasteiger partial charge in [-0.25, -0.2) is 4.79 Å². The Bertz CT molecular complexity index is 1180. The molecule has 1 aromatic heterocycles. The number of rotatable bonds is 7. The smallest absolute Gasteiger partial charge is 0.337 e. The first-order valence-corrected chi connectivity index (χ1v) is 12.3. The molecule has 1 aliphatic rings. The molecule has 0 spiro atoms. The Hall–Kier alpha value is -3.23. The lowest BCUT2D eigenvalue weighted by atomic mass is 9.84. The Morgan fingerprint density at radius 2 is 1.74 bits per heavy atom. The van der Waals surface area contributed by atoms with Gasteiger partial charge in [-0.05, 0) is 54.2 Å². The van der Waals surface area contributed by atoms with Crippen LogP contribution in [0.1, 0.15) is 53.9 Å². The van der Waals surface area contributed by atoms with Crippen LogP contribution in [-0.4, -0.2) is 33.9 Å². The number of ether oxygens (including phenoxy) is 2. The number of pyridine rings is 1. The van der Waals surface area contributed by atoms with Crippen molar-refractivity contribution in [1.29, 1.82) is 0 Å². The molecule has 0 aliphatic heterocycles. The fraction of sp³-hybridized carbons (Fsp3) is 0.308. The van der Waals surface area contributed by atoms with Crippen LogP contribution >= 0.6 is 0 Å². The van der Waals surface area contributed by atoms with Crippen molar-refractivity contribution < 1.29 is 23.0 Å². The zero-order valence-electron chi connectivity index (χ0n) is 19.2. The predicted octanol–water partition coefficient (Wildman–Crippen LogP) is 5.52. The van der Waals surface area contributed by atoms with Crippen molar-refractivity contribution in [3.8, 4) is 16.9 Å². The van der Waals surface area contributed by atoms with Crippen LogP contribution in [0.4, 0.5) is 11.4 Å². The molecule has 1 aliphatic carbocycles. The van der Waals surface area contributed by atoms with Crippen LogP contribution in [0.2, 0.25) is 0 Å². The zero-order valence-corrected chi connectivity index (χ0v) is 20.0. The van der Waals surface area contributed by atoms with Gasteiger partial charge in [0.25, 0.3) is 0 Å². The summed E-state index contributed by atoms with van der Waals surface area (Å²) in [6, 6.07) is 14.7. The van der Waals surface area contributed by atoms with Crippen molar-refractivity contribution in [2.75, 3.05) is 18.5 Å². The lowest BCUT2D eigenvalue weighted by Gasteiger charge is -2.28. The summed E-state index contributed by atoms with van der Waals surface area (Å²) in [5.74, 6) is 0.292. The van der Waals surface area contributed by atoms with Gasteiger partial charge in [-0.3, -0.25) is 13.5 Å². The van der Waals surface area contributed by atoms with Gasteiger partial charge in [0.15, 0.2) is 0 Å². The molecule has 0 N–H and O–H groups in total. The number of nitrogens with zero attached hydrogens (tertiary/aromatic N) is 2. The standard InChI is InChI=1S/C26H28N2O5S/c1-32-25-15-21(26(29)33-2)12-13-24(25)28(34(30)31)23-14-22(16-27-17-23)20-10-8-19(9-11-20)18-6-4-3-5-7-18/h8-18H,3-7H2,1-2H3,(H,30,31)/p-1. The van der Waals surface area contributed by atoms with Crippen molar-refractivity contribution in [2.24, 2.45) is 0 Å². The number of methoxy groups -OCH3 is 2. The van der Waals surface area contributed by atoms with Gasteiger partial charge in [0, 0.05) is 11.8 Å². The summed E-state index contributed by atoms with van der Waals surface area (Å²) in [7, 11) is 2.69. The van der Waals surface area contributed by atoms with Gasteiger partial charge < -0.3 is 14.0 Å². The summed E-state index contributed by atoms with van der Waals surface area (Å²) in [4.78, 5) is 16.2. The van der Waals surface area contributed by atoms with E-state index in [9.17, 15) is 13.6 Å². The summed E-state index contributed by atoms with van der Waals surface area (Å²) in [5, 5.41) is 0. The van der Waals surface area contributed by atoms with Crippen molar-refractivity contribution >= 4 is 28.6 Å². The molecule has 1 atom stereocenters. The molecule has 1 fully saturated rings. The van der Waals surface area contributed by atoms with Gasteiger partial charge in [0.1, 0.15) is 5.75 Å². The maximum Gasteiger partial charge on any atom is 0.337 e. The molecular weight excluding hydrogens is 452 g/mol. The van der Waals surface area contributed by atoms with Gasteiger partial charge >= 0.3 is 5.97 Å². The highest BCUT2D eigenvalue weighted by Gasteiger charge is 2.19. The first kappa shape index (κ1) is 23.9. The number of anilines is 2.